The Hall–Kier alpha value is -2.89. The van der Waals surface area contributed by atoms with Gasteiger partial charge in [-0.3, -0.25) is 4.79 Å². The molecule has 0 aliphatic carbocycles. The van der Waals surface area contributed by atoms with Gasteiger partial charge in [-0.2, -0.15) is 0 Å². The summed E-state index contributed by atoms with van der Waals surface area (Å²) in [6, 6.07) is 9.34. The molecule has 0 aliphatic rings. The number of rotatable bonds is 4. The first kappa shape index (κ1) is 15.0. The third-order valence-electron chi connectivity index (χ3n) is 3.54. The summed E-state index contributed by atoms with van der Waals surface area (Å²) in [6.07, 6.45) is 0.403. The fraction of sp³-hybridized carbons (Fsp3) is 0.176. The second-order valence-electron chi connectivity index (χ2n) is 5.04. The number of hydrogen-bond acceptors (Lipinski definition) is 4. The van der Waals surface area contributed by atoms with E-state index in [9.17, 15) is 9.18 Å². The third-order valence-corrected chi connectivity index (χ3v) is 3.54. The van der Waals surface area contributed by atoms with E-state index in [1.165, 1.54) is 26.4 Å². The van der Waals surface area contributed by atoms with E-state index < -0.39 is 0 Å². The Bertz CT molecular complexity index is 904. The van der Waals surface area contributed by atoms with Crippen LogP contribution in [0.3, 0.4) is 0 Å². The van der Waals surface area contributed by atoms with E-state index in [2.05, 4.69) is 9.97 Å². The predicted octanol–water partition coefficient (Wildman–Crippen LogP) is 2.67. The highest BCUT2D eigenvalue weighted by atomic mass is 19.1. The molecule has 3 aromatic rings. The van der Waals surface area contributed by atoms with Gasteiger partial charge in [-0.25, -0.2) is 9.37 Å². The smallest absolute Gasteiger partial charge is 0.258 e. The van der Waals surface area contributed by atoms with Gasteiger partial charge in [0, 0.05) is 12.5 Å². The average molecular weight is 314 g/mol. The molecule has 0 unspecified atom stereocenters. The van der Waals surface area contributed by atoms with E-state index in [0.717, 1.165) is 5.56 Å². The van der Waals surface area contributed by atoms with E-state index in [0.29, 0.717) is 34.6 Å². The maximum atomic E-state index is 13.0. The first-order chi connectivity index (χ1) is 11.1. The van der Waals surface area contributed by atoms with Crippen LogP contribution in [0.2, 0.25) is 0 Å². The van der Waals surface area contributed by atoms with Gasteiger partial charge in [-0.1, -0.05) is 12.1 Å². The van der Waals surface area contributed by atoms with Gasteiger partial charge < -0.3 is 14.5 Å². The first-order valence-electron chi connectivity index (χ1n) is 7.00. The average Bonchev–Trinajstić information content (AvgIpc) is 2.56. The molecule has 0 atom stereocenters. The number of nitrogens with zero attached hydrogens (tertiary/aromatic N) is 1. The van der Waals surface area contributed by atoms with Crippen molar-refractivity contribution in [2.75, 3.05) is 14.2 Å². The number of nitrogens with one attached hydrogen (secondary N) is 1. The topological polar surface area (TPSA) is 64.2 Å². The molecule has 5 nitrogen and oxygen atoms in total. The van der Waals surface area contributed by atoms with Crippen LogP contribution in [0.1, 0.15) is 11.4 Å². The van der Waals surface area contributed by atoms with Crippen LogP contribution in [0, 0.1) is 5.82 Å². The molecular weight excluding hydrogens is 299 g/mol. The Kier molecular flexibility index (Phi) is 3.97. The standard InChI is InChI=1S/C17H15FN2O3/c1-22-14-8-12-13(9-15(14)23-2)19-16(20-17(12)21)7-10-3-5-11(18)6-4-10/h3-6,8-9H,7H2,1-2H3,(H,19,20,21). The zero-order chi connectivity index (χ0) is 16.4. The summed E-state index contributed by atoms with van der Waals surface area (Å²) in [4.78, 5) is 19.5. The summed E-state index contributed by atoms with van der Waals surface area (Å²) in [7, 11) is 3.03. The lowest BCUT2D eigenvalue weighted by molar-refractivity contribution is 0.355. The van der Waals surface area contributed by atoms with Crippen LogP contribution in [-0.4, -0.2) is 24.2 Å². The summed E-state index contributed by atoms with van der Waals surface area (Å²) in [5.74, 6) is 1.18. The molecule has 0 saturated heterocycles. The predicted molar refractivity (Wildman–Crippen MR) is 84.7 cm³/mol. The molecular formula is C17H15FN2O3. The monoisotopic (exact) mass is 314 g/mol. The fourth-order valence-corrected chi connectivity index (χ4v) is 2.39. The highest BCUT2D eigenvalue weighted by Gasteiger charge is 2.11. The lowest BCUT2D eigenvalue weighted by atomic mass is 10.1. The van der Waals surface area contributed by atoms with Crippen molar-refractivity contribution < 1.29 is 13.9 Å². The number of H-pyrrole nitrogens is 1. The summed E-state index contributed by atoms with van der Waals surface area (Å²) in [5.41, 5.74) is 1.12. The van der Waals surface area contributed by atoms with Crippen LogP contribution >= 0.6 is 0 Å². The summed E-state index contributed by atoms with van der Waals surface area (Å²) >= 11 is 0. The van der Waals surface area contributed by atoms with Gasteiger partial charge in [-0.05, 0) is 23.8 Å². The van der Waals surface area contributed by atoms with Crippen molar-refractivity contribution in [1.29, 1.82) is 0 Å². The second kappa shape index (κ2) is 6.08. The Balaban J connectivity index is 2.06. The highest BCUT2D eigenvalue weighted by Crippen LogP contribution is 2.29. The molecule has 0 spiro atoms. The molecule has 1 N–H and O–H groups in total. The van der Waals surface area contributed by atoms with E-state index >= 15 is 0 Å². The van der Waals surface area contributed by atoms with Gasteiger partial charge in [-0.15, -0.1) is 0 Å². The van der Waals surface area contributed by atoms with Gasteiger partial charge in [0.05, 0.1) is 25.1 Å². The number of fused-ring (bicyclic) bond motifs is 1. The van der Waals surface area contributed by atoms with Crippen LogP contribution in [-0.2, 0) is 6.42 Å². The molecule has 0 fully saturated rings. The Morgan fingerprint density at radius 2 is 1.74 bits per heavy atom. The van der Waals surface area contributed by atoms with Crippen molar-refractivity contribution in [2.45, 2.75) is 6.42 Å². The number of methoxy groups -OCH3 is 2. The molecule has 1 aromatic heterocycles. The van der Waals surface area contributed by atoms with Crippen LogP contribution < -0.4 is 15.0 Å². The Morgan fingerprint density at radius 3 is 2.39 bits per heavy atom. The van der Waals surface area contributed by atoms with Crippen molar-refractivity contribution in [2.24, 2.45) is 0 Å². The van der Waals surface area contributed by atoms with Gasteiger partial charge in [0.25, 0.3) is 5.56 Å². The van der Waals surface area contributed by atoms with Gasteiger partial charge in [0.2, 0.25) is 0 Å². The van der Waals surface area contributed by atoms with Crippen molar-refractivity contribution in [3.05, 3.63) is 64.0 Å². The molecule has 118 valence electrons. The minimum absolute atomic E-state index is 0.256. The van der Waals surface area contributed by atoms with Crippen LogP contribution in [0.25, 0.3) is 10.9 Å². The van der Waals surface area contributed by atoms with Crippen LogP contribution in [0.5, 0.6) is 11.5 Å². The number of halogens is 1. The number of ether oxygens (including phenoxy) is 2. The van der Waals surface area contributed by atoms with Crippen molar-refractivity contribution >= 4 is 10.9 Å². The van der Waals surface area contributed by atoms with Crippen molar-refractivity contribution in [3.8, 4) is 11.5 Å². The molecule has 2 aromatic carbocycles. The second-order valence-corrected chi connectivity index (χ2v) is 5.04. The zero-order valence-corrected chi connectivity index (χ0v) is 12.7. The normalized spacial score (nSPS) is 10.7. The number of aromatic amines is 1. The van der Waals surface area contributed by atoms with Gasteiger partial charge >= 0.3 is 0 Å². The molecule has 0 aliphatic heterocycles. The van der Waals surface area contributed by atoms with Crippen molar-refractivity contribution in [1.82, 2.24) is 9.97 Å². The van der Waals surface area contributed by atoms with E-state index in [1.807, 2.05) is 0 Å². The van der Waals surface area contributed by atoms with Crippen molar-refractivity contribution in [3.63, 3.8) is 0 Å². The number of benzene rings is 2. The number of aromatic nitrogens is 2. The van der Waals surface area contributed by atoms with Crippen LogP contribution in [0.4, 0.5) is 4.39 Å². The third kappa shape index (κ3) is 3.01. The van der Waals surface area contributed by atoms with Crippen LogP contribution in [0.15, 0.2) is 41.2 Å². The van der Waals surface area contributed by atoms with Gasteiger partial charge in [0.15, 0.2) is 11.5 Å². The SMILES string of the molecule is COc1cc2nc(Cc3ccc(F)cc3)[nH]c(=O)c2cc1OC. The maximum Gasteiger partial charge on any atom is 0.258 e. The largest absolute Gasteiger partial charge is 0.493 e. The molecule has 0 radical (unpaired) electrons. The molecule has 23 heavy (non-hydrogen) atoms. The molecule has 1 heterocycles. The Morgan fingerprint density at radius 1 is 1.09 bits per heavy atom. The summed E-state index contributed by atoms with van der Waals surface area (Å²) < 4.78 is 23.4. The highest BCUT2D eigenvalue weighted by molar-refractivity contribution is 5.81. The minimum atomic E-state index is -0.300. The lowest BCUT2D eigenvalue weighted by Crippen LogP contribution is -2.12. The van der Waals surface area contributed by atoms with Gasteiger partial charge in [0.1, 0.15) is 11.6 Å². The molecule has 3 rings (SSSR count). The van der Waals surface area contributed by atoms with E-state index in [1.54, 1.807) is 24.3 Å². The molecule has 6 heteroatoms. The number of hydrogen-bond donors (Lipinski definition) is 1. The van der Waals surface area contributed by atoms with E-state index in [4.69, 9.17) is 9.47 Å². The van der Waals surface area contributed by atoms with E-state index in [-0.39, 0.29) is 11.4 Å². The lowest BCUT2D eigenvalue weighted by Gasteiger charge is -2.09. The maximum absolute atomic E-state index is 13.0. The quantitative estimate of drug-likeness (QED) is 0.804. The Labute approximate surface area is 131 Å². The minimum Gasteiger partial charge on any atom is -0.493 e. The molecule has 0 saturated carbocycles. The molecule has 0 bridgehead atoms. The fourth-order valence-electron chi connectivity index (χ4n) is 2.39. The summed E-state index contributed by atoms with van der Waals surface area (Å²) in [5, 5.41) is 0.422. The summed E-state index contributed by atoms with van der Waals surface area (Å²) in [6.45, 7) is 0. The first-order valence-corrected chi connectivity index (χ1v) is 7.00. The zero-order valence-electron chi connectivity index (χ0n) is 12.7. The molecule has 0 amide bonds.